The Kier molecular flexibility index (Phi) is 9.52. The number of carbonyl (C=O) groups excluding carboxylic acids is 2. The van der Waals surface area contributed by atoms with E-state index in [0.717, 1.165) is 32.8 Å². The number of sulfonamides is 1. The predicted octanol–water partition coefficient (Wildman–Crippen LogP) is 3.46. The smallest absolute Gasteiger partial charge is 0.244 e. The van der Waals surface area contributed by atoms with Gasteiger partial charge in [0.05, 0.1) is 19.1 Å². The van der Waals surface area contributed by atoms with Crippen LogP contribution in [0.2, 0.25) is 0 Å². The van der Waals surface area contributed by atoms with E-state index < -0.39 is 28.5 Å². The van der Waals surface area contributed by atoms with Crippen LogP contribution in [0.4, 0.5) is 5.69 Å². The van der Waals surface area contributed by atoms with Crippen molar-refractivity contribution in [2.75, 3.05) is 31.3 Å². The summed E-state index contributed by atoms with van der Waals surface area (Å²) in [6, 6.07) is 21.2. The van der Waals surface area contributed by atoms with Gasteiger partial charge in [-0.25, -0.2) is 8.42 Å². The molecule has 0 aliphatic rings. The van der Waals surface area contributed by atoms with Crippen LogP contribution < -0.4 is 14.4 Å². The highest BCUT2D eigenvalue weighted by atomic mass is 32.2. The quantitative estimate of drug-likeness (QED) is 0.404. The van der Waals surface area contributed by atoms with Crippen molar-refractivity contribution in [2.45, 2.75) is 32.9 Å². The molecule has 0 spiro atoms. The number of hydrogen-bond donors (Lipinski definition) is 1. The van der Waals surface area contributed by atoms with Crippen LogP contribution in [0, 0.1) is 13.8 Å². The molecule has 3 aromatic carbocycles. The highest BCUT2D eigenvalue weighted by molar-refractivity contribution is 7.92. The highest BCUT2D eigenvalue weighted by Gasteiger charge is 2.33. The van der Waals surface area contributed by atoms with Gasteiger partial charge in [0, 0.05) is 20.0 Å². The van der Waals surface area contributed by atoms with E-state index in [1.54, 1.807) is 19.2 Å². The van der Waals surface area contributed by atoms with E-state index in [1.165, 1.54) is 11.9 Å². The molecule has 9 heteroatoms. The van der Waals surface area contributed by atoms with Crippen LogP contribution in [-0.2, 0) is 32.6 Å². The van der Waals surface area contributed by atoms with Gasteiger partial charge >= 0.3 is 0 Å². The van der Waals surface area contributed by atoms with Crippen molar-refractivity contribution < 1.29 is 22.7 Å². The second-order valence-corrected chi connectivity index (χ2v) is 11.1. The predicted molar refractivity (Wildman–Crippen MR) is 150 cm³/mol. The fourth-order valence-electron chi connectivity index (χ4n) is 4.46. The minimum Gasteiger partial charge on any atom is -0.497 e. The lowest BCUT2D eigenvalue weighted by Crippen LogP contribution is -2.53. The Hall–Kier alpha value is -3.85. The highest BCUT2D eigenvalue weighted by Crippen LogP contribution is 2.27. The van der Waals surface area contributed by atoms with E-state index in [2.05, 4.69) is 5.32 Å². The molecule has 1 atom stereocenters. The first-order valence-electron chi connectivity index (χ1n) is 12.3. The van der Waals surface area contributed by atoms with Gasteiger partial charge < -0.3 is 15.0 Å². The first-order chi connectivity index (χ1) is 18.0. The van der Waals surface area contributed by atoms with Gasteiger partial charge in [-0.3, -0.25) is 13.9 Å². The van der Waals surface area contributed by atoms with Crippen molar-refractivity contribution in [3.63, 3.8) is 0 Å². The molecule has 0 aliphatic carbocycles. The molecule has 38 heavy (non-hydrogen) atoms. The third-order valence-electron chi connectivity index (χ3n) is 6.37. The standard InChI is InChI=1S/C29H35N3O5S/c1-21-11-9-12-22(2)28(21)32(38(5,35)36)20-27(33)31(19-24-15-10-16-25(17-24)37-4)26(29(34)30-3)18-23-13-7-6-8-14-23/h6-17,26H,18-20H2,1-5H3,(H,30,34)/t26-/m0/s1. The summed E-state index contributed by atoms with van der Waals surface area (Å²) < 4.78 is 32.4. The Bertz CT molecular complexity index is 1360. The van der Waals surface area contributed by atoms with Crippen LogP contribution in [0.25, 0.3) is 0 Å². The number of anilines is 1. The molecule has 8 nitrogen and oxygen atoms in total. The van der Waals surface area contributed by atoms with Gasteiger partial charge in [-0.1, -0.05) is 60.7 Å². The first kappa shape index (κ1) is 28.7. The first-order valence-corrected chi connectivity index (χ1v) is 14.1. The number of ether oxygens (including phenoxy) is 1. The van der Waals surface area contributed by atoms with Gasteiger partial charge in [-0.2, -0.15) is 0 Å². The zero-order chi connectivity index (χ0) is 27.9. The van der Waals surface area contributed by atoms with Gasteiger partial charge in [-0.15, -0.1) is 0 Å². The molecule has 3 aromatic rings. The normalized spacial score (nSPS) is 11.9. The molecule has 2 amide bonds. The Morgan fingerprint density at radius 1 is 0.921 bits per heavy atom. The summed E-state index contributed by atoms with van der Waals surface area (Å²) in [7, 11) is -0.743. The SMILES string of the molecule is CNC(=O)[C@H](Cc1ccccc1)N(Cc1cccc(OC)c1)C(=O)CN(c1c(C)cccc1C)S(C)(=O)=O. The van der Waals surface area contributed by atoms with Crippen LogP contribution in [-0.4, -0.2) is 58.1 Å². The number of methoxy groups -OCH3 is 1. The molecule has 1 N–H and O–H groups in total. The number of rotatable bonds is 11. The van der Waals surface area contributed by atoms with Crippen LogP contribution in [0.15, 0.2) is 72.8 Å². The molecule has 0 fully saturated rings. The maximum Gasteiger partial charge on any atom is 0.244 e. The maximum absolute atomic E-state index is 14.0. The molecule has 0 bridgehead atoms. The second-order valence-electron chi connectivity index (χ2n) is 9.20. The summed E-state index contributed by atoms with van der Waals surface area (Å²) in [5.41, 5.74) is 3.55. The van der Waals surface area contributed by atoms with E-state index in [1.807, 2.05) is 74.5 Å². The van der Waals surface area contributed by atoms with Crippen LogP contribution in [0.3, 0.4) is 0 Å². The number of hydrogen-bond acceptors (Lipinski definition) is 5. The van der Waals surface area contributed by atoms with Gasteiger partial charge in [0.25, 0.3) is 0 Å². The molecule has 3 rings (SSSR count). The van der Waals surface area contributed by atoms with E-state index >= 15 is 0 Å². The van der Waals surface area contributed by atoms with E-state index in [0.29, 0.717) is 11.4 Å². The molecule has 0 aromatic heterocycles. The topological polar surface area (TPSA) is 96.0 Å². The summed E-state index contributed by atoms with van der Waals surface area (Å²) in [4.78, 5) is 28.6. The molecular weight excluding hydrogens is 502 g/mol. The number of benzene rings is 3. The Balaban J connectivity index is 2.07. The lowest BCUT2D eigenvalue weighted by Gasteiger charge is -2.34. The lowest BCUT2D eigenvalue weighted by molar-refractivity contribution is -0.139. The average molecular weight is 538 g/mol. The van der Waals surface area contributed by atoms with Crippen molar-refractivity contribution in [3.05, 3.63) is 95.1 Å². The number of amides is 2. The van der Waals surface area contributed by atoms with E-state index in [-0.39, 0.29) is 18.9 Å². The zero-order valence-electron chi connectivity index (χ0n) is 22.5. The minimum absolute atomic E-state index is 0.0886. The van der Waals surface area contributed by atoms with Crippen molar-refractivity contribution in [1.29, 1.82) is 0 Å². The molecule has 0 aliphatic heterocycles. The van der Waals surface area contributed by atoms with E-state index in [9.17, 15) is 18.0 Å². The Morgan fingerprint density at radius 3 is 2.11 bits per heavy atom. The fraction of sp³-hybridized carbons (Fsp3) is 0.310. The van der Waals surface area contributed by atoms with Crippen molar-refractivity contribution in [3.8, 4) is 5.75 Å². The molecule has 0 heterocycles. The number of nitrogens with zero attached hydrogens (tertiary/aromatic N) is 2. The monoisotopic (exact) mass is 537 g/mol. The lowest BCUT2D eigenvalue weighted by atomic mass is 10.0. The van der Waals surface area contributed by atoms with Gasteiger partial charge in [-0.05, 0) is 48.2 Å². The van der Waals surface area contributed by atoms with Gasteiger partial charge in [0.1, 0.15) is 18.3 Å². The number of nitrogens with one attached hydrogen (secondary N) is 1. The number of carbonyl (C=O) groups is 2. The van der Waals surface area contributed by atoms with Crippen molar-refractivity contribution in [1.82, 2.24) is 10.2 Å². The minimum atomic E-state index is -3.82. The summed E-state index contributed by atoms with van der Waals surface area (Å²) in [5, 5.41) is 2.67. The maximum atomic E-state index is 14.0. The molecule has 0 radical (unpaired) electrons. The molecular formula is C29H35N3O5S. The molecule has 0 saturated heterocycles. The summed E-state index contributed by atoms with van der Waals surface area (Å²) in [5.74, 6) is -0.226. The van der Waals surface area contributed by atoms with Crippen molar-refractivity contribution >= 4 is 27.5 Å². The Morgan fingerprint density at radius 2 is 1.53 bits per heavy atom. The zero-order valence-corrected chi connectivity index (χ0v) is 23.3. The van der Waals surface area contributed by atoms with Crippen LogP contribution in [0.5, 0.6) is 5.75 Å². The Labute approximate surface area is 225 Å². The number of likely N-dealkylation sites (N-methyl/N-ethyl adjacent to an activating group) is 1. The summed E-state index contributed by atoms with van der Waals surface area (Å²) in [6.45, 7) is 3.26. The van der Waals surface area contributed by atoms with Crippen LogP contribution in [0.1, 0.15) is 22.3 Å². The number of aryl methyl sites for hydroxylation is 2. The summed E-state index contributed by atoms with van der Waals surface area (Å²) in [6.07, 6.45) is 1.34. The molecule has 0 unspecified atom stereocenters. The second kappa shape index (κ2) is 12.6. The fourth-order valence-corrected chi connectivity index (χ4v) is 5.43. The van der Waals surface area contributed by atoms with Crippen LogP contribution >= 0.6 is 0 Å². The van der Waals surface area contributed by atoms with Gasteiger partial charge in [0.15, 0.2) is 0 Å². The third kappa shape index (κ3) is 7.13. The third-order valence-corrected chi connectivity index (χ3v) is 7.48. The molecule has 202 valence electrons. The van der Waals surface area contributed by atoms with E-state index in [4.69, 9.17) is 4.74 Å². The van der Waals surface area contributed by atoms with Gasteiger partial charge in [0.2, 0.25) is 21.8 Å². The summed E-state index contributed by atoms with van der Waals surface area (Å²) >= 11 is 0. The molecule has 0 saturated carbocycles. The number of para-hydroxylation sites is 1. The average Bonchev–Trinajstić information content (AvgIpc) is 2.89. The largest absolute Gasteiger partial charge is 0.497 e. The van der Waals surface area contributed by atoms with Crippen molar-refractivity contribution in [2.24, 2.45) is 0 Å².